The predicted octanol–water partition coefficient (Wildman–Crippen LogP) is 2.00. The summed E-state index contributed by atoms with van der Waals surface area (Å²) in [4.78, 5) is 0. The fourth-order valence-electron chi connectivity index (χ4n) is 2.05. The first-order valence-electron chi connectivity index (χ1n) is 5.42. The molecular formula is C12H16FNO. The van der Waals surface area contributed by atoms with E-state index in [1.54, 1.807) is 12.1 Å². The molecule has 0 amide bonds. The molecule has 1 saturated heterocycles. The number of aliphatic hydroxyl groups is 1. The smallest absolute Gasteiger partial charge is 0.123 e. The molecule has 0 saturated carbocycles. The number of halogens is 1. The third-order valence-corrected chi connectivity index (χ3v) is 2.92. The molecule has 0 spiro atoms. The second-order valence-corrected chi connectivity index (χ2v) is 4.10. The number of hydrogen-bond donors (Lipinski definition) is 2. The van der Waals surface area contributed by atoms with Crippen molar-refractivity contribution in [2.75, 3.05) is 6.54 Å². The highest BCUT2D eigenvalue weighted by Crippen LogP contribution is 2.22. The first-order chi connectivity index (χ1) is 7.25. The van der Waals surface area contributed by atoms with Crippen LogP contribution in [0.25, 0.3) is 0 Å². The largest absolute Gasteiger partial charge is 0.388 e. The molecule has 0 aliphatic carbocycles. The van der Waals surface area contributed by atoms with Crippen molar-refractivity contribution in [2.45, 2.75) is 31.4 Å². The summed E-state index contributed by atoms with van der Waals surface area (Å²) in [7, 11) is 0. The number of hydrogen-bond acceptors (Lipinski definition) is 2. The van der Waals surface area contributed by atoms with Crippen molar-refractivity contribution in [1.29, 1.82) is 0 Å². The van der Waals surface area contributed by atoms with E-state index < -0.39 is 6.10 Å². The molecule has 2 atom stereocenters. The van der Waals surface area contributed by atoms with Crippen molar-refractivity contribution in [2.24, 2.45) is 0 Å². The van der Waals surface area contributed by atoms with Gasteiger partial charge in [0.2, 0.25) is 0 Å². The number of benzene rings is 1. The summed E-state index contributed by atoms with van der Waals surface area (Å²) >= 11 is 0. The van der Waals surface area contributed by atoms with E-state index in [0.29, 0.717) is 12.5 Å². The van der Waals surface area contributed by atoms with Gasteiger partial charge in [0, 0.05) is 6.04 Å². The molecule has 2 nitrogen and oxygen atoms in total. The van der Waals surface area contributed by atoms with Crippen molar-refractivity contribution in [3.63, 3.8) is 0 Å². The zero-order chi connectivity index (χ0) is 10.7. The standard InChI is InChI=1S/C12H16FNO/c13-10-5-3-9(4-6-10)12(15)8-11-2-1-7-14-11/h3-6,11-12,14-15H,1-2,7-8H2/t11-,12-/m0/s1. The molecule has 0 bridgehead atoms. The lowest BCUT2D eigenvalue weighted by Crippen LogP contribution is -2.23. The molecule has 0 unspecified atom stereocenters. The normalized spacial score (nSPS) is 22.9. The van der Waals surface area contributed by atoms with Crippen LogP contribution < -0.4 is 5.32 Å². The summed E-state index contributed by atoms with van der Waals surface area (Å²) in [6, 6.07) is 6.48. The van der Waals surface area contributed by atoms with E-state index >= 15 is 0 Å². The third-order valence-electron chi connectivity index (χ3n) is 2.92. The number of nitrogens with one attached hydrogen (secondary N) is 1. The molecular weight excluding hydrogens is 193 g/mol. The van der Waals surface area contributed by atoms with E-state index in [9.17, 15) is 9.50 Å². The Labute approximate surface area is 89.1 Å². The molecule has 15 heavy (non-hydrogen) atoms. The Morgan fingerprint density at radius 1 is 1.40 bits per heavy atom. The Morgan fingerprint density at radius 2 is 2.13 bits per heavy atom. The highest BCUT2D eigenvalue weighted by Gasteiger charge is 2.18. The minimum Gasteiger partial charge on any atom is -0.388 e. The minimum absolute atomic E-state index is 0.259. The summed E-state index contributed by atoms with van der Waals surface area (Å²) in [6.07, 6.45) is 2.53. The average molecular weight is 209 g/mol. The zero-order valence-corrected chi connectivity index (χ0v) is 8.62. The van der Waals surface area contributed by atoms with Crippen LogP contribution in [0.3, 0.4) is 0 Å². The monoisotopic (exact) mass is 209 g/mol. The van der Waals surface area contributed by atoms with Crippen LogP contribution in [-0.2, 0) is 0 Å². The van der Waals surface area contributed by atoms with Crippen LogP contribution in [-0.4, -0.2) is 17.7 Å². The van der Waals surface area contributed by atoms with Gasteiger partial charge in [0.1, 0.15) is 5.82 Å². The van der Waals surface area contributed by atoms with Gasteiger partial charge in [-0.2, -0.15) is 0 Å². The van der Waals surface area contributed by atoms with Crippen molar-refractivity contribution in [3.8, 4) is 0 Å². The van der Waals surface area contributed by atoms with Gasteiger partial charge in [-0.1, -0.05) is 12.1 Å². The van der Waals surface area contributed by atoms with E-state index in [-0.39, 0.29) is 5.82 Å². The van der Waals surface area contributed by atoms with Gasteiger partial charge < -0.3 is 10.4 Å². The van der Waals surface area contributed by atoms with Gasteiger partial charge in [-0.3, -0.25) is 0 Å². The van der Waals surface area contributed by atoms with Crippen LogP contribution in [0.2, 0.25) is 0 Å². The van der Waals surface area contributed by atoms with E-state index in [2.05, 4.69) is 5.32 Å². The molecule has 0 radical (unpaired) electrons. The Hall–Kier alpha value is -0.930. The van der Waals surface area contributed by atoms with Gasteiger partial charge in [0.15, 0.2) is 0 Å². The molecule has 1 aromatic carbocycles. The Kier molecular flexibility index (Phi) is 3.34. The first-order valence-corrected chi connectivity index (χ1v) is 5.42. The van der Waals surface area contributed by atoms with E-state index in [1.807, 2.05) is 0 Å². The molecule has 3 heteroatoms. The van der Waals surface area contributed by atoms with Crippen molar-refractivity contribution in [3.05, 3.63) is 35.6 Å². The fraction of sp³-hybridized carbons (Fsp3) is 0.500. The maximum Gasteiger partial charge on any atom is 0.123 e. The maximum absolute atomic E-state index is 12.7. The quantitative estimate of drug-likeness (QED) is 0.798. The summed E-state index contributed by atoms with van der Waals surface area (Å²) in [5.74, 6) is -0.259. The minimum atomic E-state index is -0.485. The lowest BCUT2D eigenvalue weighted by molar-refractivity contribution is 0.154. The van der Waals surface area contributed by atoms with Crippen LogP contribution in [0.15, 0.2) is 24.3 Å². The predicted molar refractivity (Wildman–Crippen MR) is 57.0 cm³/mol. The highest BCUT2D eigenvalue weighted by atomic mass is 19.1. The first kappa shape index (κ1) is 10.6. The average Bonchev–Trinajstić information content (AvgIpc) is 2.71. The summed E-state index contributed by atoms with van der Waals surface area (Å²) in [6.45, 7) is 1.04. The van der Waals surface area contributed by atoms with E-state index in [4.69, 9.17) is 0 Å². The fourth-order valence-corrected chi connectivity index (χ4v) is 2.05. The highest BCUT2D eigenvalue weighted by molar-refractivity contribution is 5.18. The number of aliphatic hydroxyl groups excluding tert-OH is 1. The van der Waals surface area contributed by atoms with Crippen molar-refractivity contribution >= 4 is 0 Å². The van der Waals surface area contributed by atoms with Gasteiger partial charge >= 0.3 is 0 Å². The topological polar surface area (TPSA) is 32.3 Å². The third kappa shape index (κ3) is 2.76. The molecule has 1 fully saturated rings. The van der Waals surface area contributed by atoms with Gasteiger partial charge in [0.25, 0.3) is 0 Å². The Balaban J connectivity index is 1.94. The van der Waals surface area contributed by atoms with E-state index in [1.165, 1.54) is 18.6 Å². The lowest BCUT2D eigenvalue weighted by atomic mass is 10.0. The molecule has 2 rings (SSSR count). The van der Waals surface area contributed by atoms with Crippen LogP contribution in [0, 0.1) is 5.82 Å². The Bertz CT molecular complexity index is 306. The van der Waals surface area contributed by atoms with Crippen LogP contribution in [0.1, 0.15) is 30.9 Å². The molecule has 1 aliphatic heterocycles. The SMILES string of the molecule is O[C@@H](C[C@@H]1CCCN1)c1ccc(F)cc1. The lowest BCUT2D eigenvalue weighted by Gasteiger charge is -2.16. The molecule has 1 aliphatic rings. The molecule has 2 N–H and O–H groups in total. The second kappa shape index (κ2) is 4.73. The van der Waals surface area contributed by atoms with Gasteiger partial charge in [-0.25, -0.2) is 4.39 Å². The molecule has 0 aromatic heterocycles. The number of rotatable bonds is 3. The van der Waals surface area contributed by atoms with Crippen LogP contribution in [0.5, 0.6) is 0 Å². The molecule has 1 heterocycles. The van der Waals surface area contributed by atoms with Crippen molar-refractivity contribution < 1.29 is 9.50 Å². The molecule has 1 aromatic rings. The van der Waals surface area contributed by atoms with Crippen LogP contribution in [0.4, 0.5) is 4.39 Å². The summed E-state index contributed by atoms with van der Waals surface area (Å²) in [5, 5.41) is 13.2. The van der Waals surface area contributed by atoms with Crippen molar-refractivity contribution in [1.82, 2.24) is 5.32 Å². The maximum atomic E-state index is 12.7. The summed E-state index contributed by atoms with van der Waals surface area (Å²) in [5.41, 5.74) is 0.796. The van der Waals surface area contributed by atoms with Gasteiger partial charge in [-0.05, 0) is 43.5 Å². The second-order valence-electron chi connectivity index (χ2n) is 4.10. The zero-order valence-electron chi connectivity index (χ0n) is 8.62. The van der Waals surface area contributed by atoms with E-state index in [0.717, 1.165) is 18.5 Å². The van der Waals surface area contributed by atoms with Gasteiger partial charge in [0.05, 0.1) is 6.10 Å². The Morgan fingerprint density at radius 3 is 2.73 bits per heavy atom. The van der Waals surface area contributed by atoms with Gasteiger partial charge in [-0.15, -0.1) is 0 Å². The molecule has 82 valence electrons. The van der Waals surface area contributed by atoms with Crippen LogP contribution >= 0.6 is 0 Å². The summed E-state index contributed by atoms with van der Waals surface area (Å²) < 4.78 is 12.7.